The molecule has 1 aliphatic heterocycles. The molecule has 2 aromatic rings. The molecule has 0 aliphatic carbocycles. The Kier molecular flexibility index (Phi) is 6.80. The number of nitriles is 1. The number of non-ortho nitro benzene ring substituents is 1. The van der Waals surface area contributed by atoms with Crippen molar-refractivity contribution in [2.24, 2.45) is 0 Å². The van der Waals surface area contributed by atoms with Crippen molar-refractivity contribution in [1.29, 1.82) is 5.26 Å². The molecule has 1 amide bonds. The third kappa shape index (κ3) is 5.53. The van der Waals surface area contributed by atoms with E-state index in [2.05, 4.69) is 37.1 Å². The van der Waals surface area contributed by atoms with E-state index in [1.165, 1.54) is 18.2 Å². The molecule has 0 saturated carbocycles. The number of nitro benzene ring substituents is 1. The number of halogens is 1. The maximum absolute atomic E-state index is 12.4. The average molecular weight is 458 g/mol. The molecule has 0 bridgehead atoms. The van der Waals surface area contributed by atoms with Gasteiger partial charge in [-0.1, -0.05) is 0 Å². The number of carbonyl (C=O) groups is 1. The molecule has 3 rings (SSSR count). The zero-order valence-corrected chi connectivity index (χ0v) is 17.3. The molecule has 9 heteroatoms. The van der Waals surface area contributed by atoms with E-state index in [4.69, 9.17) is 5.26 Å². The molecule has 1 heterocycles. The maximum Gasteiger partial charge on any atom is 0.270 e. The largest absolute Gasteiger partial charge is 0.370 e. The van der Waals surface area contributed by atoms with Crippen molar-refractivity contribution in [3.05, 3.63) is 62.6 Å². The van der Waals surface area contributed by atoms with Gasteiger partial charge in [0.15, 0.2) is 0 Å². The first-order valence-corrected chi connectivity index (χ1v) is 9.97. The van der Waals surface area contributed by atoms with Gasteiger partial charge in [0.2, 0.25) is 5.91 Å². The molecule has 0 unspecified atom stereocenters. The van der Waals surface area contributed by atoms with Crippen LogP contribution in [0.3, 0.4) is 0 Å². The standard InChI is InChI=1S/C20H20BrN5O3/c21-18-12-17(26(28)29)6-7-19(18)23-20(27)14-24-8-1-9-25(11-10-24)16-4-2-15(13-22)3-5-16/h2-7,12H,1,8-11,14H2,(H,23,27). The van der Waals surface area contributed by atoms with Gasteiger partial charge in [-0.05, 0) is 52.7 Å². The number of anilines is 2. The highest BCUT2D eigenvalue weighted by molar-refractivity contribution is 9.10. The van der Waals surface area contributed by atoms with Crippen molar-refractivity contribution in [2.75, 3.05) is 42.9 Å². The minimum atomic E-state index is -0.479. The highest BCUT2D eigenvalue weighted by atomic mass is 79.9. The predicted octanol–water partition coefficient (Wildman–Crippen LogP) is 3.38. The van der Waals surface area contributed by atoms with Gasteiger partial charge >= 0.3 is 0 Å². The summed E-state index contributed by atoms with van der Waals surface area (Å²) in [7, 11) is 0. The normalized spacial score (nSPS) is 14.7. The van der Waals surface area contributed by atoms with Gasteiger partial charge in [0, 0.05) is 48.5 Å². The Morgan fingerprint density at radius 3 is 2.59 bits per heavy atom. The van der Waals surface area contributed by atoms with Gasteiger partial charge in [0.1, 0.15) is 0 Å². The third-order valence-corrected chi connectivity index (χ3v) is 5.41. The second kappa shape index (κ2) is 9.49. The van der Waals surface area contributed by atoms with E-state index in [-0.39, 0.29) is 18.1 Å². The van der Waals surface area contributed by atoms with E-state index in [0.717, 1.165) is 38.3 Å². The van der Waals surface area contributed by atoms with Crippen LogP contribution in [0, 0.1) is 21.4 Å². The lowest BCUT2D eigenvalue weighted by Crippen LogP contribution is -2.36. The summed E-state index contributed by atoms with van der Waals surface area (Å²) in [5.74, 6) is -0.161. The molecular weight excluding hydrogens is 438 g/mol. The molecule has 0 atom stereocenters. The SMILES string of the molecule is N#Cc1ccc(N2CCCN(CC(=O)Nc3ccc([N+](=O)[O-])cc3Br)CC2)cc1. The Morgan fingerprint density at radius 2 is 1.93 bits per heavy atom. The average Bonchev–Trinajstić information content (AvgIpc) is 2.95. The van der Waals surface area contributed by atoms with Crippen LogP contribution in [0.2, 0.25) is 0 Å². The van der Waals surface area contributed by atoms with Crippen molar-refractivity contribution in [3.8, 4) is 6.07 Å². The van der Waals surface area contributed by atoms with Gasteiger partial charge in [-0.3, -0.25) is 19.8 Å². The fourth-order valence-corrected chi connectivity index (χ4v) is 3.71. The molecule has 2 aromatic carbocycles. The van der Waals surface area contributed by atoms with E-state index in [1.54, 1.807) is 0 Å². The quantitative estimate of drug-likeness (QED) is 0.545. The lowest BCUT2D eigenvalue weighted by atomic mass is 10.2. The first-order chi connectivity index (χ1) is 14.0. The fraction of sp³-hybridized carbons (Fsp3) is 0.300. The summed E-state index contributed by atoms with van der Waals surface area (Å²) in [4.78, 5) is 27.1. The molecule has 1 aliphatic rings. The van der Waals surface area contributed by atoms with Gasteiger partial charge in [0.25, 0.3) is 5.69 Å². The summed E-state index contributed by atoms with van der Waals surface area (Å²) in [5, 5.41) is 22.5. The second-order valence-corrected chi connectivity index (χ2v) is 7.60. The molecule has 0 spiro atoms. The molecular formula is C20H20BrN5O3. The number of rotatable bonds is 5. The molecule has 0 radical (unpaired) electrons. The lowest BCUT2D eigenvalue weighted by molar-refractivity contribution is -0.384. The van der Waals surface area contributed by atoms with Crippen LogP contribution in [-0.2, 0) is 4.79 Å². The van der Waals surface area contributed by atoms with Crippen LogP contribution in [0.15, 0.2) is 46.9 Å². The topological polar surface area (TPSA) is 103 Å². The Bertz CT molecular complexity index is 942. The smallest absolute Gasteiger partial charge is 0.270 e. The zero-order valence-electron chi connectivity index (χ0n) is 15.7. The van der Waals surface area contributed by atoms with Crippen molar-refractivity contribution in [2.45, 2.75) is 6.42 Å². The Labute approximate surface area is 177 Å². The molecule has 150 valence electrons. The number of nitrogens with one attached hydrogen (secondary N) is 1. The predicted molar refractivity (Wildman–Crippen MR) is 114 cm³/mol. The van der Waals surface area contributed by atoms with Crippen LogP contribution in [0.25, 0.3) is 0 Å². The molecule has 8 nitrogen and oxygen atoms in total. The van der Waals surface area contributed by atoms with Crippen LogP contribution in [0.4, 0.5) is 17.1 Å². The number of hydrogen-bond acceptors (Lipinski definition) is 6. The minimum Gasteiger partial charge on any atom is -0.370 e. The van der Waals surface area contributed by atoms with Gasteiger partial charge in [-0.25, -0.2) is 0 Å². The Hall–Kier alpha value is -2.96. The zero-order chi connectivity index (χ0) is 20.8. The lowest BCUT2D eigenvalue weighted by Gasteiger charge is -2.23. The highest BCUT2D eigenvalue weighted by Gasteiger charge is 2.18. The number of hydrogen-bond donors (Lipinski definition) is 1. The van der Waals surface area contributed by atoms with E-state index in [9.17, 15) is 14.9 Å². The summed E-state index contributed by atoms with van der Waals surface area (Å²) in [6.45, 7) is 3.49. The van der Waals surface area contributed by atoms with E-state index < -0.39 is 4.92 Å². The number of carbonyl (C=O) groups excluding carboxylic acids is 1. The summed E-state index contributed by atoms with van der Waals surface area (Å²) < 4.78 is 0.475. The van der Waals surface area contributed by atoms with Crippen LogP contribution < -0.4 is 10.2 Å². The van der Waals surface area contributed by atoms with Crippen molar-refractivity contribution < 1.29 is 9.72 Å². The van der Waals surface area contributed by atoms with Gasteiger partial charge in [0.05, 0.1) is 28.8 Å². The number of amides is 1. The first-order valence-electron chi connectivity index (χ1n) is 9.17. The van der Waals surface area contributed by atoms with E-state index >= 15 is 0 Å². The number of nitrogens with zero attached hydrogens (tertiary/aromatic N) is 4. The molecule has 1 N–H and O–H groups in total. The molecule has 1 fully saturated rings. The third-order valence-electron chi connectivity index (χ3n) is 4.75. The summed E-state index contributed by atoms with van der Waals surface area (Å²) >= 11 is 3.27. The Morgan fingerprint density at radius 1 is 1.17 bits per heavy atom. The van der Waals surface area contributed by atoms with Crippen LogP contribution >= 0.6 is 15.9 Å². The summed E-state index contributed by atoms with van der Waals surface area (Å²) in [5.41, 5.74) is 2.18. The minimum absolute atomic E-state index is 0.0368. The fourth-order valence-electron chi connectivity index (χ4n) is 3.25. The van der Waals surface area contributed by atoms with Crippen LogP contribution in [-0.4, -0.2) is 48.5 Å². The molecule has 1 saturated heterocycles. The van der Waals surface area contributed by atoms with Crippen molar-refractivity contribution in [1.82, 2.24) is 4.90 Å². The van der Waals surface area contributed by atoms with Gasteiger partial charge in [-0.15, -0.1) is 0 Å². The summed E-state index contributed by atoms with van der Waals surface area (Å²) in [6.07, 6.45) is 0.925. The van der Waals surface area contributed by atoms with Crippen LogP contribution in [0.5, 0.6) is 0 Å². The van der Waals surface area contributed by atoms with Crippen LogP contribution in [0.1, 0.15) is 12.0 Å². The maximum atomic E-state index is 12.4. The van der Waals surface area contributed by atoms with E-state index in [1.807, 2.05) is 24.3 Å². The van der Waals surface area contributed by atoms with Crippen molar-refractivity contribution >= 4 is 38.9 Å². The molecule has 29 heavy (non-hydrogen) atoms. The van der Waals surface area contributed by atoms with Crippen molar-refractivity contribution in [3.63, 3.8) is 0 Å². The monoisotopic (exact) mass is 457 g/mol. The molecule has 0 aromatic heterocycles. The highest BCUT2D eigenvalue weighted by Crippen LogP contribution is 2.27. The van der Waals surface area contributed by atoms with E-state index in [0.29, 0.717) is 15.7 Å². The van der Waals surface area contributed by atoms with Gasteiger partial charge in [-0.2, -0.15) is 5.26 Å². The second-order valence-electron chi connectivity index (χ2n) is 6.74. The first kappa shape index (κ1) is 20.8. The number of benzene rings is 2. The Balaban J connectivity index is 1.55. The summed E-state index contributed by atoms with van der Waals surface area (Å²) in [6, 6.07) is 13.9. The van der Waals surface area contributed by atoms with Gasteiger partial charge < -0.3 is 10.2 Å². The number of nitro groups is 1.